The van der Waals surface area contributed by atoms with Gasteiger partial charge in [-0.15, -0.1) is 0 Å². The van der Waals surface area contributed by atoms with E-state index in [-0.39, 0.29) is 23.2 Å². The maximum atomic E-state index is 12.4. The van der Waals surface area contributed by atoms with E-state index in [2.05, 4.69) is 4.72 Å². The average Bonchev–Trinajstić information content (AvgIpc) is 2.54. The van der Waals surface area contributed by atoms with Gasteiger partial charge in [-0.2, -0.15) is 0 Å². The van der Waals surface area contributed by atoms with Crippen LogP contribution in [0, 0.1) is 0 Å². The number of benzene rings is 1. The molecular formula is C18H29N3O4S. The Morgan fingerprint density at radius 1 is 1.15 bits per heavy atom. The van der Waals surface area contributed by atoms with Crippen molar-refractivity contribution >= 4 is 26.6 Å². The molecule has 146 valence electrons. The summed E-state index contributed by atoms with van der Waals surface area (Å²) in [5, 5.41) is 0. The molecule has 0 spiro atoms. The average molecular weight is 384 g/mol. The van der Waals surface area contributed by atoms with Crippen LogP contribution in [0.4, 0.5) is 0 Å². The van der Waals surface area contributed by atoms with Crippen molar-refractivity contribution in [2.75, 3.05) is 0 Å². The Hall–Kier alpha value is -2.03. The molecule has 0 saturated carbocycles. The lowest BCUT2D eigenvalue weighted by Crippen LogP contribution is -2.38. The van der Waals surface area contributed by atoms with Crippen molar-refractivity contribution in [3.8, 4) is 0 Å². The molecule has 0 heterocycles. The van der Waals surface area contributed by atoms with E-state index in [0.717, 1.165) is 11.6 Å². The van der Waals surface area contributed by atoms with Crippen molar-refractivity contribution in [1.29, 1.82) is 0 Å². The highest BCUT2D eigenvalue weighted by Crippen LogP contribution is 2.21. The summed E-state index contributed by atoms with van der Waals surface area (Å²) >= 11 is 0. The van der Waals surface area contributed by atoms with Gasteiger partial charge in [-0.3, -0.25) is 9.59 Å². The molecule has 1 aromatic carbocycles. The van der Waals surface area contributed by atoms with Crippen LogP contribution in [0.3, 0.4) is 0 Å². The van der Waals surface area contributed by atoms with Crippen LogP contribution in [0.5, 0.6) is 0 Å². The van der Waals surface area contributed by atoms with E-state index >= 15 is 0 Å². The number of hydrogen-bond acceptors (Lipinski definition) is 5. The molecule has 8 heteroatoms. The molecule has 1 atom stereocenters. The Morgan fingerprint density at radius 2 is 1.65 bits per heavy atom. The van der Waals surface area contributed by atoms with E-state index in [1.165, 1.54) is 6.92 Å². The molecule has 26 heavy (non-hydrogen) atoms. The van der Waals surface area contributed by atoms with E-state index in [0.29, 0.717) is 5.56 Å². The number of hydrogen-bond donors (Lipinski definition) is 3. The van der Waals surface area contributed by atoms with Crippen molar-refractivity contribution in [3.05, 3.63) is 41.5 Å². The van der Waals surface area contributed by atoms with Gasteiger partial charge in [-0.25, -0.2) is 13.1 Å². The first-order valence-corrected chi connectivity index (χ1v) is 9.90. The Labute approximate surface area is 155 Å². The van der Waals surface area contributed by atoms with Crippen molar-refractivity contribution < 1.29 is 18.0 Å². The van der Waals surface area contributed by atoms with Crippen LogP contribution < -0.4 is 16.2 Å². The molecular weight excluding hydrogens is 354 g/mol. The molecule has 1 aromatic rings. The maximum Gasteiger partial charge on any atom is 0.241 e. The van der Waals surface area contributed by atoms with Gasteiger partial charge in [-0.05, 0) is 38.3 Å². The molecule has 0 radical (unpaired) electrons. The lowest BCUT2D eigenvalue weighted by molar-refractivity contribution is -0.119. The van der Waals surface area contributed by atoms with Gasteiger partial charge in [0.2, 0.25) is 15.9 Å². The number of nitrogens with two attached hydrogens (primary N) is 2. The highest BCUT2D eigenvalue weighted by Gasteiger charge is 2.21. The zero-order valence-corrected chi connectivity index (χ0v) is 16.8. The van der Waals surface area contributed by atoms with E-state index in [1.54, 1.807) is 38.1 Å². The molecule has 0 aliphatic carbocycles. The molecule has 0 fully saturated rings. The summed E-state index contributed by atoms with van der Waals surface area (Å²) in [6, 6.07) is 5.32. The normalized spacial score (nSPS) is 13.0. The van der Waals surface area contributed by atoms with Crippen molar-refractivity contribution in [3.63, 3.8) is 0 Å². The van der Waals surface area contributed by atoms with Crippen LogP contribution in [0.1, 0.15) is 45.7 Å². The minimum atomic E-state index is -3.83. The summed E-state index contributed by atoms with van der Waals surface area (Å²) in [6.07, 6.45) is 1.33. The third-order valence-electron chi connectivity index (χ3n) is 3.07. The smallest absolute Gasteiger partial charge is 0.241 e. The second-order valence-corrected chi connectivity index (χ2v) is 7.49. The molecule has 0 saturated heterocycles. The number of carbonyl (C=O) groups is 2. The van der Waals surface area contributed by atoms with Gasteiger partial charge in [0.25, 0.3) is 0 Å². The lowest BCUT2D eigenvalue weighted by Gasteiger charge is -2.14. The standard InChI is InChI=1S/C16H23N3O4S.C2H6/c1-10(2)19-24(22,23)15(8-11(3)20)13-6-4-12(5-7-13)9-14(17)16(18)21;1-2/h4-8,10,14,19H,9,17H2,1-3H3,(H2,18,21);1-2H3/b15-8-;/t14-;/m0./s1. The number of primary amides is 1. The summed E-state index contributed by atoms with van der Waals surface area (Å²) in [4.78, 5) is 22.3. The predicted octanol–water partition coefficient (Wildman–Crippen LogP) is 1.33. The summed E-state index contributed by atoms with van der Waals surface area (Å²) < 4.78 is 27.3. The van der Waals surface area contributed by atoms with Crippen LogP contribution in [0.2, 0.25) is 0 Å². The second kappa shape index (κ2) is 10.8. The van der Waals surface area contributed by atoms with Crippen LogP contribution in [-0.4, -0.2) is 32.2 Å². The molecule has 0 bridgehead atoms. The monoisotopic (exact) mass is 383 g/mol. The fraction of sp³-hybridized carbons (Fsp3) is 0.444. The summed E-state index contributed by atoms with van der Waals surface area (Å²) in [7, 11) is -3.83. The Bertz CT molecular complexity index is 738. The first-order chi connectivity index (χ1) is 12.0. The van der Waals surface area contributed by atoms with Gasteiger partial charge in [0.1, 0.15) is 0 Å². The Kier molecular flexibility index (Phi) is 10.0. The quantitative estimate of drug-likeness (QED) is 0.583. The van der Waals surface area contributed by atoms with E-state index < -0.39 is 22.0 Å². The summed E-state index contributed by atoms with van der Waals surface area (Å²) in [6.45, 7) is 8.67. The molecule has 7 nitrogen and oxygen atoms in total. The van der Waals surface area contributed by atoms with Crippen LogP contribution >= 0.6 is 0 Å². The number of sulfonamides is 1. The fourth-order valence-electron chi connectivity index (χ4n) is 2.03. The first-order valence-electron chi connectivity index (χ1n) is 8.41. The van der Waals surface area contributed by atoms with Gasteiger partial charge in [-0.1, -0.05) is 38.1 Å². The van der Waals surface area contributed by atoms with Gasteiger partial charge >= 0.3 is 0 Å². The molecule has 1 rings (SSSR count). The molecule has 5 N–H and O–H groups in total. The van der Waals surface area contributed by atoms with E-state index in [9.17, 15) is 18.0 Å². The van der Waals surface area contributed by atoms with Crippen LogP contribution in [0.15, 0.2) is 30.3 Å². The zero-order valence-electron chi connectivity index (χ0n) is 15.9. The van der Waals surface area contributed by atoms with Gasteiger partial charge in [0.15, 0.2) is 5.78 Å². The van der Waals surface area contributed by atoms with Crippen LogP contribution in [-0.2, 0) is 26.0 Å². The highest BCUT2D eigenvalue weighted by atomic mass is 32.2. The van der Waals surface area contributed by atoms with Crippen molar-refractivity contribution in [2.24, 2.45) is 11.5 Å². The highest BCUT2D eigenvalue weighted by molar-refractivity contribution is 7.98. The van der Waals surface area contributed by atoms with E-state index in [1.807, 2.05) is 13.8 Å². The van der Waals surface area contributed by atoms with E-state index in [4.69, 9.17) is 11.5 Å². The largest absolute Gasteiger partial charge is 0.368 e. The predicted molar refractivity (Wildman–Crippen MR) is 105 cm³/mol. The number of nitrogens with one attached hydrogen (secondary N) is 1. The number of amides is 1. The Morgan fingerprint density at radius 3 is 2.04 bits per heavy atom. The molecule has 0 aliphatic heterocycles. The minimum Gasteiger partial charge on any atom is -0.368 e. The van der Waals surface area contributed by atoms with Gasteiger partial charge in [0, 0.05) is 12.1 Å². The molecule has 0 aliphatic rings. The first kappa shape index (κ1) is 24.0. The number of carbonyl (C=O) groups excluding carboxylic acids is 2. The summed E-state index contributed by atoms with van der Waals surface area (Å²) in [5.74, 6) is -0.987. The number of ketones is 1. The van der Waals surface area contributed by atoms with Gasteiger partial charge < -0.3 is 11.5 Å². The SMILES string of the molecule is CC.CC(=O)/C=C(/c1ccc(C[C@H](N)C(N)=O)cc1)S(=O)(=O)NC(C)C. The summed E-state index contributed by atoms with van der Waals surface area (Å²) in [5.41, 5.74) is 11.8. The number of rotatable bonds is 8. The fourth-order valence-corrected chi connectivity index (χ4v) is 3.55. The van der Waals surface area contributed by atoms with Crippen molar-refractivity contribution in [1.82, 2.24) is 4.72 Å². The van der Waals surface area contributed by atoms with Crippen LogP contribution in [0.25, 0.3) is 4.91 Å². The van der Waals surface area contributed by atoms with Gasteiger partial charge in [0.05, 0.1) is 10.9 Å². The third-order valence-corrected chi connectivity index (χ3v) is 4.79. The second-order valence-electron chi connectivity index (χ2n) is 5.81. The third kappa shape index (κ3) is 7.90. The minimum absolute atomic E-state index is 0.102. The molecule has 0 aromatic heterocycles. The Balaban J connectivity index is 0.00000301. The maximum absolute atomic E-state index is 12.4. The molecule has 1 amide bonds. The number of allylic oxidation sites excluding steroid dienone is 1. The zero-order chi connectivity index (χ0) is 20.5. The lowest BCUT2D eigenvalue weighted by atomic mass is 10.0. The van der Waals surface area contributed by atoms with Crippen molar-refractivity contribution in [2.45, 2.75) is 53.1 Å². The molecule has 0 unspecified atom stereocenters. The topological polar surface area (TPSA) is 132 Å².